The minimum Gasteiger partial charge on any atom is -0.506 e. The van der Waals surface area contributed by atoms with E-state index in [2.05, 4.69) is 9.97 Å². The Kier molecular flexibility index (Phi) is 7.14. The molecule has 0 aromatic carbocycles. The van der Waals surface area contributed by atoms with Crippen molar-refractivity contribution in [1.29, 1.82) is 0 Å². The van der Waals surface area contributed by atoms with E-state index in [-0.39, 0.29) is 56.5 Å². The molecule has 2 heterocycles. The van der Waals surface area contributed by atoms with E-state index < -0.39 is 47.8 Å². The number of nitrogens with zero attached hydrogens (tertiary/aromatic N) is 2. The van der Waals surface area contributed by atoms with Gasteiger partial charge in [0.1, 0.15) is 11.5 Å². The third-order valence-corrected chi connectivity index (χ3v) is 6.06. The average molecular weight is 428 g/mol. The molecule has 0 saturated heterocycles. The Morgan fingerprint density at radius 3 is 1.24 bits per heavy atom. The van der Waals surface area contributed by atoms with E-state index >= 15 is 0 Å². The topological polar surface area (TPSA) is 181 Å². The third-order valence-electron chi connectivity index (χ3n) is 4.63. The minimum atomic E-state index is -3.94. The summed E-state index contributed by atoms with van der Waals surface area (Å²) in [5.74, 6) is -1.86. The number of aromatic hydroxyl groups is 2. The number of hydrogen-bond donors (Lipinski definition) is 6. The van der Waals surface area contributed by atoms with Crippen molar-refractivity contribution in [1.82, 2.24) is 9.97 Å². The van der Waals surface area contributed by atoms with Crippen molar-refractivity contribution in [3.05, 3.63) is 45.0 Å². The number of aliphatic hydroxyl groups excluding tert-OH is 4. The molecule has 2 aromatic heterocycles. The first-order valence-corrected chi connectivity index (χ1v) is 10.5. The lowest BCUT2D eigenvalue weighted by Crippen LogP contribution is -2.16. The predicted octanol–water partition coefficient (Wildman–Crippen LogP) is -0.411. The minimum absolute atomic E-state index is 0.00224. The summed E-state index contributed by atoms with van der Waals surface area (Å²) >= 11 is 0. The Hall–Kier alpha value is -2.31. The molecule has 2 aromatic rings. The van der Waals surface area contributed by atoms with Crippen molar-refractivity contribution in [3.8, 4) is 11.5 Å². The molecule has 29 heavy (non-hydrogen) atoms. The van der Waals surface area contributed by atoms with Gasteiger partial charge in [-0.3, -0.25) is 9.97 Å². The van der Waals surface area contributed by atoms with Crippen LogP contribution < -0.4 is 0 Å². The summed E-state index contributed by atoms with van der Waals surface area (Å²) in [4.78, 5) is 8.07. The fourth-order valence-corrected chi connectivity index (χ4v) is 4.55. The molecule has 11 heteroatoms. The molecule has 0 fully saturated rings. The number of aliphatic hydroxyl groups is 4. The van der Waals surface area contributed by atoms with Gasteiger partial charge >= 0.3 is 0 Å². The monoisotopic (exact) mass is 428 g/mol. The first-order chi connectivity index (χ1) is 13.6. The number of aryl methyl sites for hydroxylation is 2. The van der Waals surface area contributed by atoms with Crippen molar-refractivity contribution >= 4 is 9.84 Å². The molecular weight excluding hydrogens is 404 g/mol. The molecule has 0 bridgehead atoms. The molecule has 10 nitrogen and oxygen atoms in total. The number of pyridine rings is 2. The van der Waals surface area contributed by atoms with Crippen LogP contribution in [0.1, 0.15) is 45.0 Å². The van der Waals surface area contributed by atoms with Gasteiger partial charge in [-0.1, -0.05) is 0 Å². The summed E-state index contributed by atoms with van der Waals surface area (Å²) in [6.07, 6.45) is 0. The SMILES string of the molecule is Cc1nc(CS(=O)(=O)Cc2nc(C)c(O)c(CO)c2CO)c(CO)c(CO)c1O. The molecule has 0 spiro atoms. The van der Waals surface area contributed by atoms with Crippen molar-refractivity contribution in [2.45, 2.75) is 51.8 Å². The molecule has 0 saturated carbocycles. The van der Waals surface area contributed by atoms with E-state index in [1.165, 1.54) is 13.8 Å². The zero-order valence-electron chi connectivity index (χ0n) is 16.0. The summed E-state index contributed by atoms with van der Waals surface area (Å²) in [6, 6.07) is 0. The second kappa shape index (κ2) is 9.01. The molecule has 0 aliphatic heterocycles. The van der Waals surface area contributed by atoms with Gasteiger partial charge in [0.25, 0.3) is 0 Å². The lowest BCUT2D eigenvalue weighted by Gasteiger charge is -2.17. The Morgan fingerprint density at radius 1 is 0.655 bits per heavy atom. The van der Waals surface area contributed by atoms with Crippen LogP contribution in [0.15, 0.2) is 0 Å². The Bertz CT molecular complexity index is 946. The second-order valence-corrected chi connectivity index (χ2v) is 8.63. The van der Waals surface area contributed by atoms with Gasteiger partial charge in [0.2, 0.25) is 0 Å². The second-order valence-electron chi connectivity index (χ2n) is 6.56. The van der Waals surface area contributed by atoms with Crippen LogP contribution in [-0.4, -0.2) is 49.0 Å². The molecule has 0 aliphatic carbocycles. The number of aromatic nitrogens is 2. The maximum Gasteiger partial charge on any atom is 0.161 e. The summed E-state index contributed by atoms with van der Waals surface area (Å²) in [5.41, 5.74) is 0.220. The highest BCUT2D eigenvalue weighted by atomic mass is 32.2. The number of hydrogen-bond acceptors (Lipinski definition) is 10. The number of rotatable bonds is 8. The van der Waals surface area contributed by atoms with Crippen molar-refractivity contribution < 1.29 is 39.1 Å². The van der Waals surface area contributed by atoms with Crippen LogP contribution in [0.4, 0.5) is 0 Å². The van der Waals surface area contributed by atoms with Crippen LogP contribution in [0, 0.1) is 13.8 Å². The average Bonchev–Trinajstić information content (AvgIpc) is 2.66. The van der Waals surface area contributed by atoms with Gasteiger partial charge in [-0.25, -0.2) is 8.42 Å². The molecule has 160 valence electrons. The van der Waals surface area contributed by atoms with Crippen LogP contribution in [-0.2, 0) is 47.8 Å². The molecule has 0 unspecified atom stereocenters. The van der Waals surface area contributed by atoms with Crippen LogP contribution in [0.25, 0.3) is 0 Å². The molecule has 0 aliphatic rings. The standard InChI is InChI=1S/C18H24N2O8S/c1-9-17(25)13(5-23)11(3-21)15(19-9)7-29(27,28)8-16-12(4-22)14(6-24)18(26)10(2)20-16/h21-26H,3-8H2,1-2H3. The molecule has 2 rings (SSSR count). The molecular formula is C18H24N2O8S. The van der Waals surface area contributed by atoms with E-state index in [0.717, 1.165) is 0 Å². The van der Waals surface area contributed by atoms with E-state index in [1.807, 2.05) is 0 Å². The zero-order valence-corrected chi connectivity index (χ0v) is 16.9. The first-order valence-electron chi connectivity index (χ1n) is 8.64. The zero-order chi connectivity index (χ0) is 21.9. The van der Waals surface area contributed by atoms with Crippen LogP contribution in [0.5, 0.6) is 11.5 Å². The van der Waals surface area contributed by atoms with E-state index in [4.69, 9.17) is 0 Å². The summed E-state index contributed by atoms with van der Waals surface area (Å²) < 4.78 is 25.6. The Morgan fingerprint density at radius 2 is 0.966 bits per heavy atom. The Labute approximate surface area is 167 Å². The van der Waals surface area contributed by atoms with Gasteiger partial charge in [-0.05, 0) is 13.8 Å². The van der Waals surface area contributed by atoms with E-state index in [0.29, 0.717) is 0 Å². The van der Waals surface area contributed by atoms with Crippen LogP contribution in [0.2, 0.25) is 0 Å². The maximum absolute atomic E-state index is 12.8. The normalized spacial score (nSPS) is 11.8. The Balaban J connectivity index is 2.50. The van der Waals surface area contributed by atoms with Crippen molar-refractivity contribution in [3.63, 3.8) is 0 Å². The first kappa shape index (κ1) is 23.0. The fourth-order valence-electron chi connectivity index (χ4n) is 3.14. The van der Waals surface area contributed by atoms with Gasteiger partial charge in [-0.2, -0.15) is 0 Å². The quantitative estimate of drug-likeness (QED) is 0.323. The van der Waals surface area contributed by atoms with E-state index in [1.54, 1.807) is 0 Å². The summed E-state index contributed by atoms with van der Waals surface area (Å²) in [5, 5.41) is 58.1. The van der Waals surface area contributed by atoms with Gasteiger partial charge < -0.3 is 30.6 Å². The summed E-state index contributed by atoms with van der Waals surface area (Å²) in [6.45, 7) is 0.405. The smallest absolute Gasteiger partial charge is 0.161 e. The highest BCUT2D eigenvalue weighted by Gasteiger charge is 2.25. The maximum atomic E-state index is 12.8. The van der Waals surface area contributed by atoms with Crippen LogP contribution in [0.3, 0.4) is 0 Å². The molecule has 0 radical (unpaired) electrons. The van der Waals surface area contributed by atoms with Gasteiger partial charge in [0.05, 0.1) is 60.7 Å². The van der Waals surface area contributed by atoms with Gasteiger partial charge in [-0.15, -0.1) is 0 Å². The molecule has 6 N–H and O–H groups in total. The largest absolute Gasteiger partial charge is 0.506 e. The lowest BCUT2D eigenvalue weighted by molar-refractivity contribution is 0.253. The highest BCUT2D eigenvalue weighted by Crippen LogP contribution is 2.30. The van der Waals surface area contributed by atoms with Crippen molar-refractivity contribution in [2.75, 3.05) is 0 Å². The molecule has 0 amide bonds. The molecule has 0 atom stereocenters. The predicted molar refractivity (Wildman–Crippen MR) is 101 cm³/mol. The lowest BCUT2D eigenvalue weighted by atomic mass is 10.1. The van der Waals surface area contributed by atoms with Gasteiger partial charge in [0, 0.05) is 22.3 Å². The van der Waals surface area contributed by atoms with E-state index in [9.17, 15) is 39.1 Å². The number of sulfone groups is 1. The van der Waals surface area contributed by atoms with Gasteiger partial charge in [0.15, 0.2) is 9.84 Å². The van der Waals surface area contributed by atoms with Crippen molar-refractivity contribution in [2.24, 2.45) is 0 Å². The third kappa shape index (κ3) is 4.65. The summed E-state index contributed by atoms with van der Waals surface area (Å²) in [7, 11) is -3.94. The fraction of sp³-hybridized carbons (Fsp3) is 0.444. The van der Waals surface area contributed by atoms with Crippen LogP contribution >= 0.6 is 0 Å². The highest BCUT2D eigenvalue weighted by molar-refractivity contribution is 7.89.